The summed E-state index contributed by atoms with van der Waals surface area (Å²) >= 11 is 5.39. The number of carboxylic acid groups (broad SMARTS) is 1. The fourth-order valence-electron chi connectivity index (χ4n) is 1.08. The van der Waals surface area contributed by atoms with Gasteiger partial charge in [0.2, 0.25) is 0 Å². The van der Waals surface area contributed by atoms with Gasteiger partial charge in [0.15, 0.2) is 0 Å². The van der Waals surface area contributed by atoms with Crippen molar-refractivity contribution in [1.82, 2.24) is 0 Å². The Kier molecular flexibility index (Phi) is 9.74. The molecule has 18 heavy (non-hydrogen) atoms. The Bertz CT molecular complexity index is 354. The second-order valence-electron chi connectivity index (χ2n) is 3.53. The predicted molar refractivity (Wildman–Crippen MR) is 69.6 cm³/mol. The SMILES string of the molecule is C=C(C=C=CCCl)C(=O)OCCCCCC(=O)O. The normalized spacial score (nSPS) is 9.17. The molecule has 1 N–H and O–H groups in total. The summed E-state index contributed by atoms with van der Waals surface area (Å²) in [5.41, 5.74) is 2.90. The van der Waals surface area contributed by atoms with Crippen molar-refractivity contribution in [3.8, 4) is 0 Å². The van der Waals surface area contributed by atoms with Crippen LogP contribution in [0.4, 0.5) is 0 Å². The van der Waals surface area contributed by atoms with Crippen molar-refractivity contribution in [2.75, 3.05) is 12.5 Å². The lowest BCUT2D eigenvalue weighted by Gasteiger charge is -2.03. The molecule has 0 aliphatic heterocycles. The first kappa shape index (κ1) is 16.5. The quantitative estimate of drug-likeness (QED) is 0.175. The number of aliphatic carboxylic acids is 1. The molecule has 0 aliphatic carbocycles. The van der Waals surface area contributed by atoms with Crippen LogP contribution in [0.5, 0.6) is 0 Å². The molecule has 0 aromatic carbocycles. The van der Waals surface area contributed by atoms with E-state index < -0.39 is 11.9 Å². The topological polar surface area (TPSA) is 63.6 Å². The zero-order chi connectivity index (χ0) is 13.8. The molecule has 4 nitrogen and oxygen atoms in total. The third-order valence-electron chi connectivity index (χ3n) is 1.98. The van der Waals surface area contributed by atoms with Crippen molar-refractivity contribution in [1.29, 1.82) is 0 Å². The molecule has 0 spiro atoms. The van der Waals surface area contributed by atoms with Crippen LogP contribution in [0, 0.1) is 0 Å². The Hall–Kier alpha value is -1.51. The first-order valence-corrected chi connectivity index (χ1v) is 6.16. The van der Waals surface area contributed by atoms with Gasteiger partial charge in [0.05, 0.1) is 12.2 Å². The van der Waals surface area contributed by atoms with E-state index in [4.69, 9.17) is 21.4 Å². The highest BCUT2D eigenvalue weighted by Gasteiger charge is 2.04. The smallest absolute Gasteiger partial charge is 0.338 e. The summed E-state index contributed by atoms with van der Waals surface area (Å²) in [7, 11) is 0. The lowest BCUT2D eigenvalue weighted by Crippen LogP contribution is -2.07. The highest BCUT2D eigenvalue weighted by molar-refractivity contribution is 6.18. The Balaban J connectivity index is 3.67. The maximum atomic E-state index is 11.3. The van der Waals surface area contributed by atoms with Crippen LogP contribution in [-0.2, 0) is 14.3 Å². The molecule has 0 amide bonds. The number of esters is 1. The van der Waals surface area contributed by atoms with Crippen molar-refractivity contribution in [2.45, 2.75) is 25.7 Å². The number of carbonyl (C=O) groups is 2. The van der Waals surface area contributed by atoms with Gasteiger partial charge in [-0.25, -0.2) is 4.79 Å². The number of rotatable bonds is 9. The summed E-state index contributed by atoms with van der Waals surface area (Å²) in [6, 6.07) is 0. The van der Waals surface area contributed by atoms with E-state index >= 15 is 0 Å². The second-order valence-corrected chi connectivity index (χ2v) is 3.84. The number of halogens is 1. The standard InChI is InChI=1S/C13H17ClO4/c1-11(7-4-5-9-14)13(17)18-10-6-2-3-8-12(15)16/h5,7H,1-3,6,8-10H2,(H,15,16). The van der Waals surface area contributed by atoms with Crippen LogP contribution in [0.25, 0.3) is 0 Å². The number of hydrogen-bond donors (Lipinski definition) is 1. The Morgan fingerprint density at radius 2 is 2.06 bits per heavy atom. The average Bonchev–Trinajstić information content (AvgIpc) is 2.33. The lowest BCUT2D eigenvalue weighted by atomic mass is 10.2. The molecule has 0 aromatic heterocycles. The second kappa shape index (κ2) is 10.6. The first-order valence-electron chi connectivity index (χ1n) is 5.62. The van der Waals surface area contributed by atoms with E-state index in [1.807, 2.05) is 0 Å². The number of carboxylic acids is 1. The monoisotopic (exact) mass is 272 g/mol. The molecule has 0 unspecified atom stereocenters. The van der Waals surface area contributed by atoms with Gasteiger partial charge in [-0.05, 0) is 31.4 Å². The van der Waals surface area contributed by atoms with Crippen LogP contribution in [-0.4, -0.2) is 29.5 Å². The van der Waals surface area contributed by atoms with E-state index in [1.165, 1.54) is 6.08 Å². The van der Waals surface area contributed by atoms with E-state index in [2.05, 4.69) is 12.3 Å². The van der Waals surface area contributed by atoms with Crippen LogP contribution in [0.2, 0.25) is 0 Å². The largest absolute Gasteiger partial charge is 0.481 e. The fraction of sp³-hybridized carbons (Fsp3) is 0.462. The molecule has 0 radical (unpaired) electrons. The maximum absolute atomic E-state index is 11.3. The summed E-state index contributed by atoms with van der Waals surface area (Å²) in [4.78, 5) is 21.6. The highest BCUT2D eigenvalue weighted by Crippen LogP contribution is 2.02. The molecule has 0 heterocycles. The highest BCUT2D eigenvalue weighted by atomic mass is 35.5. The zero-order valence-electron chi connectivity index (χ0n) is 10.2. The van der Waals surface area contributed by atoms with E-state index in [0.29, 0.717) is 25.1 Å². The number of hydrogen-bond acceptors (Lipinski definition) is 3. The number of unbranched alkanes of at least 4 members (excludes halogenated alkanes) is 2. The average molecular weight is 273 g/mol. The third kappa shape index (κ3) is 9.70. The summed E-state index contributed by atoms with van der Waals surface area (Å²) in [6.07, 6.45) is 5.07. The van der Waals surface area contributed by atoms with E-state index in [9.17, 15) is 9.59 Å². The molecule has 0 aromatic rings. The van der Waals surface area contributed by atoms with Crippen molar-refractivity contribution in [2.24, 2.45) is 0 Å². The third-order valence-corrected chi connectivity index (χ3v) is 2.14. The van der Waals surface area contributed by atoms with Crippen LogP contribution in [0.3, 0.4) is 0 Å². The Morgan fingerprint density at radius 3 is 2.67 bits per heavy atom. The Labute approximate surface area is 112 Å². The van der Waals surface area contributed by atoms with Gasteiger partial charge in [-0.3, -0.25) is 4.79 Å². The molecule has 5 heteroatoms. The molecule has 0 saturated heterocycles. The van der Waals surface area contributed by atoms with Gasteiger partial charge in [0.25, 0.3) is 0 Å². The summed E-state index contributed by atoms with van der Waals surface area (Å²) in [5, 5.41) is 8.41. The minimum atomic E-state index is -0.809. The van der Waals surface area contributed by atoms with Gasteiger partial charge in [0, 0.05) is 12.3 Å². The summed E-state index contributed by atoms with van der Waals surface area (Å²) in [5.74, 6) is -0.983. The number of carbonyl (C=O) groups excluding carboxylic acids is 1. The van der Waals surface area contributed by atoms with Gasteiger partial charge in [-0.15, -0.1) is 17.3 Å². The van der Waals surface area contributed by atoms with Crippen LogP contribution in [0.1, 0.15) is 25.7 Å². The molecular formula is C13H17ClO4. The van der Waals surface area contributed by atoms with E-state index in [1.54, 1.807) is 6.08 Å². The summed E-state index contributed by atoms with van der Waals surface area (Å²) < 4.78 is 4.94. The van der Waals surface area contributed by atoms with Gasteiger partial charge < -0.3 is 9.84 Å². The van der Waals surface area contributed by atoms with Crippen LogP contribution >= 0.6 is 11.6 Å². The van der Waals surface area contributed by atoms with Crippen molar-refractivity contribution < 1.29 is 19.4 Å². The Morgan fingerprint density at radius 1 is 1.33 bits per heavy atom. The molecule has 100 valence electrons. The minimum Gasteiger partial charge on any atom is -0.481 e. The van der Waals surface area contributed by atoms with Gasteiger partial charge >= 0.3 is 11.9 Å². The molecule has 0 fully saturated rings. The molecule has 0 aliphatic rings. The molecule has 0 atom stereocenters. The van der Waals surface area contributed by atoms with Crippen LogP contribution in [0.15, 0.2) is 30.0 Å². The fourth-order valence-corrected chi connectivity index (χ4v) is 1.16. The molecular weight excluding hydrogens is 256 g/mol. The van der Waals surface area contributed by atoms with Gasteiger partial charge in [-0.2, -0.15) is 0 Å². The zero-order valence-corrected chi connectivity index (χ0v) is 10.9. The van der Waals surface area contributed by atoms with E-state index in [-0.39, 0.29) is 18.6 Å². The van der Waals surface area contributed by atoms with Crippen molar-refractivity contribution >= 4 is 23.5 Å². The lowest BCUT2D eigenvalue weighted by molar-refractivity contribution is -0.139. The van der Waals surface area contributed by atoms with Crippen LogP contribution < -0.4 is 0 Å². The van der Waals surface area contributed by atoms with Crippen molar-refractivity contribution in [3.05, 3.63) is 30.0 Å². The minimum absolute atomic E-state index is 0.145. The van der Waals surface area contributed by atoms with Gasteiger partial charge in [-0.1, -0.05) is 6.58 Å². The molecule has 0 saturated carbocycles. The number of ether oxygens (including phenoxy) is 1. The van der Waals surface area contributed by atoms with Gasteiger partial charge in [0.1, 0.15) is 0 Å². The summed E-state index contributed by atoms with van der Waals surface area (Å²) in [6.45, 7) is 3.80. The first-order chi connectivity index (χ1) is 8.57. The maximum Gasteiger partial charge on any atom is 0.338 e. The molecule has 0 rings (SSSR count). The van der Waals surface area contributed by atoms with Crippen molar-refractivity contribution in [3.63, 3.8) is 0 Å². The molecule has 0 bridgehead atoms. The predicted octanol–water partition coefficient (Wildman–Crippen LogP) is 2.68. The number of alkyl halides is 1. The van der Waals surface area contributed by atoms with E-state index in [0.717, 1.165) is 0 Å².